The number of rotatable bonds is 4. The lowest BCUT2D eigenvalue weighted by molar-refractivity contribution is 0.0526. The number of carbonyl (C=O) groups excluding carboxylic acids is 1. The van der Waals surface area contributed by atoms with E-state index in [4.69, 9.17) is 9.47 Å². The van der Waals surface area contributed by atoms with Gasteiger partial charge in [-0.15, -0.1) is 11.3 Å². The molecular weight excluding hydrogens is 262 g/mol. The topological polar surface area (TPSA) is 48.4 Å². The third kappa shape index (κ3) is 2.93. The summed E-state index contributed by atoms with van der Waals surface area (Å²) in [5.41, 5.74) is 2.74. The third-order valence-corrected chi connectivity index (χ3v) is 3.48. The Kier molecular flexibility index (Phi) is 4.16. The summed E-state index contributed by atoms with van der Waals surface area (Å²) in [6.07, 6.45) is 0. The Morgan fingerprint density at radius 3 is 2.89 bits per heavy atom. The first-order valence-electron chi connectivity index (χ1n) is 5.93. The van der Waals surface area contributed by atoms with Crippen LogP contribution in [0.5, 0.6) is 5.75 Å². The van der Waals surface area contributed by atoms with Crippen LogP contribution in [0.4, 0.5) is 0 Å². The minimum atomic E-state index is -0.377. The number of methoxy groups -OCH3 is 1. The van der Waals surface area contributed by atoms with E-state index >= 15 is 0 Å². The zero-order chi connectivity index (χ0) is 13.8. The van der Waals surface area contributed by atoms with Crippen LogP contribution < -0.4 is 4.74 Å². The Morgan fingerprint density at radius 2 is 2.21 bits per heavy atom. The van der Waals surface area contributed by atoms with Crippen LogP contribution in [-0.2, 0) is 4.74 Å². The molecule has 5 heteroatoms. The quantitative estimate of drug-likeness (QED) is 0.804. The lowest BCUT2D eigenvalue weighted by atomic mass is 10.1. The number of ether oxygens (including phenoxy) is 2. The van der Waals surface area contributed by atoms with Crippen molar-refractivity contribution in [3.05, 3.63) is 34.2 Å². The molecule has 1 heterocycles. The molecule has 0 fully saturated rings. The van der Waals surface area contributed by atoms with Crippen LogP contribution in [0.1, 0.15) is 22.3 Å². The van der Waals surface area contributed by atoms with E-state index in [9.17, 15) is 4.79 Å². The Labute approximate surface area is 116 Å². The van der Waals surface area contributed by atoms with Crippen molar-refractivity contribution in [2.24, 2.45) is 0 Å². The van der Waals surface area contributed by atoms with E-state index in [1.807, 2.05) is 30.5 Å². The molecule has 0 atom stereocenters. The molecule has 2 aromatic rings. The van der Waals surface area contributed by atoms with Crippen LogP contribution >= 0.6 is 11.3 Å². The lowest BCUT2D eigenvalue weighted by Gasteiger charge is -2.05. The van der Waals surface area contributed by atoms with Crippen LogP contribution in [0.25, 0.3) is 11.3 Å². The Bertz CT molecular complexity index is 592. The van der Waals surface area contributed by atoms with Crippen LogP contribution in [0.15, 0.2) is 23.6 Å². The fourth-order valence-electron chi connectivity index (χ4n) is 1.67. The van der Waals surface area contributed by atoms with E-state index < -0.39 is 0 Å². The van der Waals surface area contributed by atoms with Crippen LogP contribution in [0, 0.1) is 6.92 Å². The number of aryl methyl sites for hydroxylation is 1. The molecule has 0 saturated carbocycles. The fourth-order valence-corrected chi connectivity index (χ4v) is 2.39. The molecule has 0 bridgehead atoms. The molecule has 19 heavy (non-hydrogen) atoms. The van der Waals surface area contributed by atoms with Gasteiger partial charge in [-0.3, -0.25) is 0 Å². The zero-order valence-electron chi connectivity index (χ0n) is 11.1. The van der Waals surface area contributed by atoms with E-state index in [1.165, 1.54) is 11.3 Å². The molecule has 100 valence electrons. The number of aromatic nitrogens is 1. The lowest BCUT2D eigenvalue weighted by Crippen LogP contribution is -2.03. The highest BCUT2D eigenvalue weighted by Gasteiger charge is 2.13. The van der Waals surface area contributed by atoms with Crippen molar-refractivity contribution < 1.29 is 14.3 Å². The molecule has 0 spiro atoms. The summed E-state index contributed by atoms with van der Waals surface area (Å²) in [4.78, 5) is 15.9. The number of esters is 1. The normalized spacial score (nSPS) is 10.3. The summed E-state index contributed by atoms with van der Waals surface area (Å²) < 4.78 is 10.2. The van der Waals surface area contributed by atoms with Crippen LogP contribution in [0.2, 0.25) is 0 Å². The molecule has 2 rings (SSSR count). The van der Waals surface area contributed by atoms with Gasteiger partial charge in [-0.25, -0.2) is 9.78 Å². The van der Waals surface area contributed by atoms with Gasteiger partial charge < -0.3 is 9.47 Å². The van der Waals surface area contributed by atoms with E-state index in [1.54, 1.807) is 14.0 Å². The first-order chi connectivity index (χ1) is 9.15. The van der Waals surface area contributed by atoms with Gasteiger partial charge in [-0.1, -0.05) is 12.1 Å². The predicted octanol–water partition coefficient (Wildman–Crippen LogP) is 3.30. The van der Waals surface area contributed by atoms with Gasteiger partial charge in [0.15, 0.2) is 0 Å². The summed E-state index contributed by atoms with van der Waals surface area (Å²) in [6.45, 7) is 4.11. The highest BCUT2D eigenvalue weighted by Crippen LogP contribution is 2.27. The van der Waals surface area contributed by atoms with Crippen molar-refractivity contribution in [1.29, 1.82) is 0 Å². The van der Waals surface area contributed by atoms with Crippen molar-refractivity contribution in [1.82, 2.24) is 4.98 Å². The average Bonchev–Trinajstić information content (AvgIpc) is 2.89. The number of thiazole rings is 1. The average molecular weight is 277 g/mol. The molecule has 0 amide bonds. The second-order valence-electron chi connectivity index (χ2n) is 3.94. The van der Waals surface area contributed by atoms with Gasteiger partial charge in [0.2, 0.25) is 5.01 Å². The Hall–Kier alpha value is -1.88. The molecule has 0 N–H and O–H groups in total. The predicted molar refractivity (Wildman–Crippen MR) is 74.8 cm³/mol. The molecule has 0 unspecified atom stereocenters. The zero-order valence-corrected chi connectivity index (χ0v) is 11.9. The molecule has 0 aliphatic rings. The van der Waals surface area contributed by atoms with Crippen LogP contribution in [0.3, 0.4) is 0 Å². The highest BCUT2D eigenvalue weighted by atomic mass is 32.1. The van der Waals surface area contributed by atoms with E-state index in [2.05, 4.69) is 4.98 Å². The van der Waals surface area contributed by atoms with Crippen molar-refractivity contribution >= 4 is 17.3 Å². The number of benzene rings is 1. The largest absolute Gasteiger partial charge is 0.496 e. The first-order valence-corrected chi connectivity index (χ1v) is 6.81. The third-order valence-electron chi connectivity index (χ3n) is 2.66. The molecule has 0 saturated heterocycles. The standard InChI is InChI=1S/C14H15NO3S/c1-4-18-14(16)13-15-11(8-19-13)10-6-5-9(2)12(7-10)17-3/h5-8H,4H2,1-3H3. The monoisotopic (exact) mass is 277 g/mol. The van der Waals surface area contributed by atoms with Crippen molar-refractivity contribution in [3.8, 4) is 17.0 Å². The molecule has 0 aliphatic carbocycles. The van der Waals surface area contributed by atoms with Crippen molar-refractivity contribution in [2.75, 3.05) is 13.7 Å². The van der Waals surface area contributed by atoms with Gasteiger partial charge >= 0.3 is 5.97 Å². The van der Waals surface area contributed by atoms with Gasteiger partial charge in [-0.05, 0) is 25.5 Å². The van der Waals surface area contributed by atoms with Gasteiger partial charge in [0.05, 0.1) is 19.4 Å². The van der Waals surface area contributed by atoms with Gasteiger partial charge in [-0.2, -0.15) is 0 Å². The maximum atomic E-state index is 11.6. The summed E-state index contributed by atoms with van der Waals surface area (Å²) >= 11 is 1.28. The molecule has 0 aliphatic heterocycles. The van der Waals surface area contributed by atoms with E-state index in [0.717, 1.165) is 22.6 Å². The Balaban J connectivity index is 2.30. The fraction of sp³-hybridized carbons (Fsp3) is 0.286. The second-order valence-corrected chi connectivity index (χ2v) is 4.80. The minimum Gasteiger partial charge on any atom is -0.496 e. The summed E-state index contributed by atoms with van der Waals surface area (Å²) in [7, 11) is 1.64. The molecule has 1 aromatic heterocycles. The minimum absolute atomic E-state index is 0.353. The molecular formula is C14H15NO3S. The SMILES string of the molecule is CCOC(=O)c1nc(-c2ccc(C)c(OC)c2)cs1. The summed E-state index contributed by atoms with van der Waals surface area (Å²) in [5.74, 6) is 0.431. The van der Waals surface area contributed by atoms with Crippen LogP contribution in [-0.4, -0.2) is 24.7 Å². The molecule has 0 radical (unpaired) electrons. The second kappa shape index (κ2) is 5.84. The summed E-state index contributed by atoms with van der Waals surface area (Å²) in [6, 6.07) is 5.85. The van der Waals surface area contributed by atoms with E-state index in [0.29, 0.717) is 11.6 Å². The number of hydrogen-bond acceptors (Lipinski definition) is 5. The van der Waals surface area contributed by atoms with Gasteiger partial charge in [0.1, 0.15) is 5.75 Å². The van der Waals surface area contributed by atoms with E-state index in [-0.39, 0.29) is 5.97 Å². The number of carbonyl (C=O) groups is 1. The molecule has 1 aromatic carbocycles. The van der Waals surface area contributed by atoms with Crippen molar-refractivity contribution in [3.63, 3.8) is 0 Å². The number of nitrogens with zero attached hydrogens (tertiary/aromatic N) is 1. The smallest absolute Gasteiger partial charge is 0.367 e. The van der Waals surface area contributed by atoms with Crippen molar-refractivity contribution in [2.45, 2.75) is 13.8 Å². The maximum absolute atomic E-state index is 11.6. The number of hydrogen-bond donors (Lipinski definition) is 0. The highest BCUT2D eigenvalue weighted by molar-refractivity contribution is 7.11. The molecule has 4 nitrogen and oxygen atoms in total. The maximum Gasteiger partial charge on any atom is 0.367 e. The van der Waals surface area contributed by atoms with Gasteiger partial charge in [0, 0.05) is 10.9 Å². The Morgan fingerprint density at radius 1 is 1.42 bits per heavy atom. The van der Waals surface area contributed by atoms with Gasteiger partial charge in [0.25, 0.3) is 0 Å². The summed E-state index contributed by atoms with van der Waals surface area (Å²) in [5, 5.41) is 2.22. The first kappa shape index (κ1) is 13.5.